The average Bonchev–Trinajstić information content (AvgIpc) is 0. The fourth-order valence-electron chi connectivity index (χ4n) is 0. The largest absolute Gasteiger partial charge is 1.00 e. The summed E-state index contributed by atoms with van der Waals surface area (Å²) in [6, 6.07) is 0. The number of rotatable bonds is 0. The maximum absolute atomic E-state index is 0. The van der Waals surface area contributed by atoms with Gasteiger partial charge in [-0.05, 0) is 0 Å². The molecule has 0 aliphatic rings. The molecule has 0 atom stereocenters. The molecule has 4 heavy (non-hydrogen) atoms. The molecule has 14 valence electrons. The van der Waals surface area contributed by atoms with Crippen molar-refractivity contribution in [3.63, 3.8) is 0 Å². The Kier molecular flexibility index (Phi) is 96.2. The molecule has 4 heteroatoms. The molecule has 0 aromatic carbocycles. The summed E-state index contributed by atoms with van der Waals surface area (Å²) >= 11 is 0. The Morgan fingerprint density at radius 3 is 1.25 bits per heavy atom. The summed E-state index contributed by atoms with van der Waals surface area (Å²) in [5.41, 5.74) is 0. The zero-order chi connectivity index (χ0) is 0. The molecule has 0 aromatic rings. The first-order chi connectivity index (χ1) is 0. The van der Waals surface area contributed by atoms with Gasteiger partial charge in [0.1, 0.15) is 0 Å². The van der Waals surface area contributed by atoms with E-state index in [9.17, 15) is 0 Å². The summed E-state index contributed by atoms with van der Waals surface area (Å²) in [4.78, 5) is 0. The third-order valence-corrected chi connectivity index (χ3v) is 0. The Morgan fingerprint density at radius 1 is 1.25 bits per heavy atom. The average molecular weight is 412 g/mol. The minimum absolute atomic E-state index is 0. The molecule has 0 nitrogen and oxygen atoms in total. The zero-order valence-corrected chi connectivity index (χ0v) is 14.6. The Hall–Kier alpha value is 4.03. The molecule has 0 rings (SSSR count). The molecule has 0 aliphatic heterocycles. The van der Waals surface area contributed by atoms with Gasteiger partial charge in [0.15, 0.2) is 0 Å². The molecular formula is HBiCdKV. The van der Waals surface area contributed by atoms with Gasteiger partial charge in [-0.25, -0.2) is 0 Å². The van der Waals surface area contributed by atoms with Gasteiger partial charge in [-0.1, -0.05) is 0 Å². The summed E-state index contributed by atoms with van der Waals surface area (Å²) in [5, 5.41) is 0. The van der Waals surface area contributed by atoms with Crippen molar-refractivity contribution < 1.29 is 98.7 Å². The molecule has 0 bridgehead atoms. The fourth-order valence-corrected chi connectivity index (χ4v) is 0. The Bertz CT molecular complexity index is 11.6. The SMILES string of the molecule is [Bi].[Cd].[H-].[K+].[V]. The second-order valence-electron chi connectivity index (χ2n) is 0. The maximum Gasteiger partial charge on any atom is 1.00 e. The molecular weight excluding hydrogens is 411 g/mol. The van der Waals surface area contributed by atoms with E-state index in [1.165, 1.54) is 0 Å². The molecule has 0 heterocycles. The van der Waals surface area contributed by atoms with E-state index in [0.29, 0.717) is 0 Å². The third kappa shape index (κ3) is 9.39. The van der Waals surface area contributed by atoms with E-state index in [2.05, 4.69) is 0 Å². The van der Waals surface area contributed by atoms with Gasteiger partial charge in [-0.3, -0.25) is 0 Å². The molecule has 0 fully saturated rings. The van der Waals surface area contributed by atoms with Crippen molar-refractivity contribution in [3.8, 4) is 0 Å². The van der Waals surface area contributed by atoms with Gasteiger partial charge in [0, 0.05) is 72.1 Å². The normalized spacial score (nSPS) is 0. The van der Waals surface area contributed by atoms with E-state index in [1.807, 2.05) is 0 Å². The van der Waals surface area contributed by atoms with Crippen molar-refractivity contribution in [2.75, 3.05) is 0 Å². The van der Waals surface area contributed by atoms with Gasteiger partial charge >= 0.3 is 51.4 Å². The van der Waals surface area contributed by atoms with Crippen molar-refractivity contribution in [2.45, 2.75) is 0 Å². The number of hydrogen-bond donors (Lipinski definition) is 0. The molecule has 0 N–H and O–H groups in total. The summed E-state index contributed by atoms with van der Waals surface area (Å²) in [6.07, 6.45) is 0. The quantitative estimate of drug-likeness (QED) is 0.367. The van der Waals surface area contributed by atoms with E-state index >= 15 is 0 Å². The molecule has 0 aromatic heterocycles. The van der Waals surface area contributed by atoms with Gasteiger partial charge in [0.05, 0.1) is 0 Å². The maximum atomic E-state index is 0. The van der Waals surface area contributed by atoms with Crippen LogP contribution in [-0.2, 0) is 45.9 Å². The van der Waals surface area contributed by atoms with Crippen molar-refractivity contribution in [1.82, 2.24) is 0 Å². The van der Waals surface area contributed by atoms with Crippen molar-refractivity contribution in [3.05, 3.63) is 0 Å². The van der Waals surface area contributed by atoms with Crippen LogP contribution in [0.2, 0.25) is 0 Å². The van der Waals surface area contributed by atoms with Crippen LogP contribution in [0.4, 0.5) is 0 Å². The van der Waals surface area contributed by atoms with Gasteiger partial charge < -0.3 is 1.43 Å². The standard InChI is InChI=1S/Bi.Cd.K.V.H/q;;+1;;-1. The third-order valence-electron chi connectivity index (χ3n) is 0. The monoisotopic (exact) mass is 414 g/mol. The number of hydrogen-bond acceptors (Lipinski definition) is 0. The molecule has 4 radical (unpaired) electrons. The summed E-state index contributed by atoms with van der Waals surface area (Å²) in [5.74, 6) is 0. The molecule has 0 aliphatic carbocycles. The van der Waals surface area contributed by atoms with Crippen molar-refractivity contribution in [1.29, 1.82) is 0 Å². The summed E-state index contributed by atoms with van der Waals surface area (Å²) in [6.45, 7) is 0. The van der Waals surface area contributed by atoms with Crippen LogP contribution in [0.5, 0.6) is 0 Å². The van der Waals surface area contributed by atoms with Crippen molar-refractivity contribution >= 4 is 26.2 Å². The van der Waals surface area contributed by atoms with Crippen LogP contribution in [0.15, 0.2) is 0 Å². The van der Waals surface area contributed by atoms with E-state index in [-0.39, 0.29) is 125 Å². The van der Waals surface area contributed by atoms with Crippen LogP contribution in [-0.4, -0.2) is 26.2 Å². The molecule has 0 spiro atoms. The van der Waals surface area contributed by atoms with Crippen LogP contribution >= 0.6 is 0 Å². The predicted octanol–water partition coefficient (Wildman–Crippen LogP) is -3.27. The topological polar surface area (TPSA) is 0 Å². The van der Waals surface area contributed by atoms with Gasteiger partial charge in [0.25, 0.3) is 0 Å². The second-order valence-corrected chi connectivity index (χ2v) is 0. The van der Waals surface area contributed by atoms with Gasteiger partial charge in [-0.15, -0.1) is 0 Å². The Labute approximate surface area is 121 Å². The second kappa shape index (κ2) is 15.7. The van der Waals surface area contributed by atoms with Crippen LogP contribution in [0.3, 0.4) is 0 Å². The molecule has 0 amide bonds. The van der Waals surface area contributed by atoms with Gasteiger partial charge in [-0.2, -0.15) is 0 Å². The van der Waals surface area contributed by atoms with Crippen LogP contribution in [0, 0.1) is 0 Å². The summed E-state index contributed by atoms with van der Waals surface area (Å²) < 4.78 is 0. The fraction of sp³-hybridized carbons (Fsp3) is 0. The van der Waals surface area contributed by atoms with Crippen molar-refractivity contribution in [2.24, 2.45) is 0 Å². The molecule has 0 unspecified atom stereocenters. The van der Waals surface area contributed by atoms with E-state index < -0.39 is 0 Å². The van der Waals surface area contributed by atoms with Crippen LogP contribution < -0.4 is 51.4 Å². The minimum Gasteiger partial charge on any atom is -1.00 e. The Balaban J connectivity index is 0. The van der Waals surface area contributed by atoms with E-state index in [0.717, 1.165) is 0 Å². The molecule has 0 saturated heterocycles. The zero-order valence-electron chi connectivity index (χ0n) is 3.60. The first-order valence-electron chi connectivity index (χ1n) is 0. The predicted molar refractivity (Wildman–Crippen MR) is 6.87 cm³/mol. The van der Waals surface area contributed by atoms with Gasteiger partial charge in [0.2, 0.25) is 0 Å². The minimum atomic E-state index is 0. The first kappa shape index (κ1) is 24.4. The summed E-state index contributed by atoms with van der Waals surface area (Å²) in [7, 11) is 0. The van der Waals surface area contributed by atoms with E-state index in [4.69, 9.17) is 0 Å². The van der Waals surface area contributed by atoms with E-state index in [1.54, 1.807) is 0 Å². The Morgan fingerprint density at radius 2 is 1.25 bits per heavy atom. The smallest absolute Gasteiger partial charge is 1.00 e. The molecule has 0 saturated carbocycles. The first-order valence-corrected chi connectivity index (χ1v) is 0. The van der Waals surface area contributed by atoms with Crippen LogP contribution in [0.25, 0.3) is 0 Å². The van der Waals surface area contributed by atoms with Crippen LogP contribution in [0.1, 0.15) is 1.43 Å².